The van der Waals surface area contributed by atoms with Crippen molar-refractivity contribution in [3.63, 3.8) is 0 Å². The zero-order chi connectivity index (χ0) is 20.7. The van der Waals surface area contributed by atoms with E-state index in [2.05, 4.69) is 15.7 Å². The molecule has 0 aliphatic carbocycles. The molecule has 3 amide bonds. The van der Waals surface area contributed by atoms with Crippen LogP contribution < -0.4 is 10.2 Å². The van der Waals surface area contributed by atoms with Crippen LogP contribution in [0.1, 0.15) is 0 Å². The molecule has 2 atom stereocenters. The maximum atomic E-state index is 13.3. The van der Waals surface area contributed by atoms with Gasteiger partial charge < -0.3 is 5.32 Å². The van der Waals surface area contributed by atoms with Crippen molar-refractivity contribution in [3.05, 3.63) is 58.3 Å². The molecule has 29 heavy (non-hydrogen) atoms. The van der Waals surface area contributed by atoms with Gasteiger partial charge in [0.15, 0.2) is 12.1 Å². The van der Waals surface area contributed by atoms with Gasteiger partial charge >= 0.3 is 0 Å². The summed E-state index contributed by atoms with van der Waals surface area (Å²) in [5.41, 5.74) is 0.436. The Kier molecular flexibility index (Phi) is 4.93. The van der Waals surface area contributed by atoms with E-state index in [4.69, 9.17) is 23.2 Å². The lowest BCUT2D eigenvalue weighted by atomic mass is 10.1. The number of benzene rings is 2. The lowest BCUT2D eigenvalue weighted by molar-refractivity contribution is -0.123. The molecule has 2 unspecified atom stereocenters. The van der Waals surface area contributed by atoms with Gasteiger partial charge in [-0.05, 0) is 36.4 Å². The lowest BCUT2D eigenvalue weighted by Gasteiger charge is -2.20. The predicted molar refractivity (Wildman–Crippen MR) is 103 cm³/mol. The van der Waals surface area contributed by atoms with Crippen molar-refractivity contribution in [2.75, 3.05) is 16.8 Å². The quantitative estimate of drug-likeness (QED) is 0.746. The third-order valence-electron chi connectivity index (χ3n) is 4.42. The normalized spacial score (nSPS) is 20.4. The van der Waals surface area contributed by atoms with Gasteiger partial charge in [-0.15, -0.1) is 0 Å². The fourth-order valence-electron chi connectivity index (χ4n) is 3.17. The first kappa shape index (κ1) is 19.3. The number of rotatable bonds is 4. The fourth-order valence-corrected chi connectivity index (χ4v) is 3.66. The molecule has 2 aromatic rings. The Hall–Kier alpha value is -3.04. The smallest absolute Gasteiger partial charge is 0.263 e. The first-order chi connectivity index (χ1) is 13.8. The number of hydrogen-bond donors (Lipinski definition) is 1. The van der Waals surface area contributed by atoms with Crippen molar-refractivity contribution >= 4 is 52.3 Å². The zero-order valence-electron chi connectivity index (χ0n) is 14.6. The highest BCUT2D eigenvalue weighted by atomic mass is 35.5. The molecule has 2 aliphatic heterocycles. The molecular formula is C18H12Cl2FN5O3. The maximum Gasteiger partial charge on any atom is 0.263 e. The van der Waals surface area contributed by atoms with Crippen LogP contribution >= 0.6 is 23.2 Å². The van der Waals surface area contributed by atoms with Crippen molar-refractivity contribution in [2.24, 2.45) is 10.3 Å². The molecule has 0 saturated carbocycles. The first-order valence-corrected chi connectivity index (χ1v) is 9.16. The van der Waals surface area contributed by atoms with Crippen molar-refractivity contribution in [3.8, 4) is 0 Å². The summed E-state index contributed by atoms with van der Waals surface area (Å²) in [5, 5.41) is 11.7. The van der Waals surface area contributed by atoms with Gasteiger partial charge in [0.1, 0.15) is 12.4 Å². The Morgan fingerprint density at radius 3 is 2.66 bits per heavy atom. The minimum Gasteiger partial charge on any atom is -0.324 e. The van der Waals surface area contributed by atoms with E-state index in [1.165, 1.54) is 36.4 Å². The molecule has 2 heterocycles. The molecule has 148 valence electrons. The molecule has 11 heteroatoms. The topological polar surface area (TPSA) is 94.4 Å². The van der Waals surface area contributed by atoms with Gasteiger partial charge in [-0.1, -0.05) is 34.5 Å². The number of amides is 3. The van der Waals surface area contributed by atoms with Gasteiger partial charge in [0, 0.05) is 10.7 Å². The number of nitrogens with one attached hydrogen (secondary N) is 1. The summed E-state index contributed by atoms with van der Waals surface area (Å²) < 4.78 is 13.3. The van der Waals surface area contributed by atoms with E-state index in [1.807, 2.05) is 0 Å². The minimum absolute atomic E-state index is 0.131. The molecule has 8 nitrogen and oxygen atoms in total. The second-order valence-electron chi connectivity index (χ2n) is 6.36. The summed E-state index contributed by atoms with van der Waals surface area (Å²) in [4.78, 5) is 38.8. The third-order valence-corrected chi connectivity index (χ3v) is 4.96. The van der Waals surface area contributed by atoms with Crippen LogP contribution in [0.25, 0.3) is 0 Å². The second-order valence-corrected chi connectivity index (χ2v) is 7.20. The Balaban J connectivity index is 1.51. The number of anilines is 2. The highest BCUT2D eigenvalue weighted by Gasteiger charge is 2.55. The fraction of sp³-hybridized carbons (Fsp3) is 0.167. The van der Waals surface area contributed by atoms with E-state index in [0.717, 1.165) is 16.0 Å². The van der Waals surface area contributed by atoms with E-state index in [-0.39, 0.29) is 22.9 Å². The lowest BCUT2D eigenvalue weighted by Crippen LogP contribution is -2.43. The van der Waals surface area contributed by atoms with Gasteiger partial charge in [-0.25, -0.2) is 9.29 Å². The van der Waals surface area contributed by atoms with Crippen molar-refractivity contribution in [1.82, 2.24) is 5.01 Å². The number of hydrogen-bond acceptors (Lipinski definition) is 6. The van der Waals surface area contributed by atoms with E-state index in [9.17, 15) is 18.8 Å². The number of carbonyl (C=O) groups is 3. The van der Waals surface area contributed by atoms with Crippen LogP contribution in [0, 0.1) is 5.82 Å². The average molecular weight is 436 g/mol. The molecule has 1 saturated heterocycles. The van der Waals surface area contributed by atoms with Crippen LogP contribution in [0.15, 0.2) is 52.8 Å². The standard InChI is InChI=1S/C18H12Cl2FN5O3/c19-9-4-5-13(12(20)6-9)26-17(28)15-16(18(26)29)25(24-23-15)8-14(27)22-11-3-1-2-10(21)7-11/h1-7,15-16H,8H2,(H,22,27). The Morgan fingerprint density at radius 2 is 1.93 bits per heavy atom. The highest BCUT2D eigenvalue weighted by molar-refractivity contribution is 6.38. The van der Waals surface area contributed by atoms with Crippen molar-refractivity contribution < 1.29 is 18.8 Å². The average Bonchev–Trinajstić information content (AvgIpc) is 3.16. The molecule has 2 aliphatic rings. The van der Waals surface area contributed by atoms with Gasteiger partial charge in [0.05, 0.1) is 10.7 Å². The summed E-state index contributed by atoms with van der Waals surface area (Å²) in [7, 11) is 0. The van der Waals surface area contributed by atoms with Gasteiger partial charge in [0.2, 0.25) is 5.91 Å². The number of imide groups is 1. The molecule has 1 N–H and O–H groups in total. The van der Waals surface area contributed by atoms with E-state index >= 15 is 0 Å². The molecule has 2 aromatic carbocycles. The van der Waals surface area contributed by atoms with Crippen LogP contribution in [-0.4, -0.2) is 41.4 Å². The van der Waals surface area contributed by atoms with Crippen LogP contribution in [0.2, 0.25) is 10.0 Å². The molecule has 0 radical (unpaired) electrons. The van der Waals surface area contributed by atoms with E-state index in [1.54, 1.807) is 0 Å². The summed E-state index contributed by atoms with van der Waals surface area (Å²) in [5.74, 6) is -2.25. The van der Waals surface area contributed by atoms with Gasteiger partial charge in [-0.2, -0.15) is 5.11 Å². The summed E-state index contributed by atoms with van der Waals surface area (Å²) in [6, 6.07) is 7.60. The molecule has 0 bridgehead atoms. The summed E-state index contributed by atoms with van der Waals surface area (Å²) in [6.07, 6.45) is 0. The SMILES string of the molecule is O=C(CN1N=NC2C(=O)N(c3ccc(Cl)cc3Cl)C(=O)C21)Nc1cccc(F)c1. The Morgan fingerprint density at radius 1 is 1.14 bits per heavy atom. The number of fused-ring (bicyclic) bond motifs is 1. The van der Waals surface area contributed by atoms with Crippen molar-refractivity contribution in [1.29, 1.82) is 0 Å². The van der Waals surface area contributed by atoms with E-state index in [0.29, 0.717) is 5.02 Å². The Bertz CT molecular complexity index is 1060. The maximum absolute atomic E-state index is 13.3. The number of halogens is 3. The zero-order valence-corrected chi connectivity index (χ0v) is 16.1. The molecule has 1 fully saturated rings. The molecular weight excluding hydrogens is 424 g/mol. The number of nitrogens with zero attached hydrogens (tertiary/aromatic N) is 4. The minimum atomic E-state index is -1.07. The second kappa shape index (κ2) is 7.41. The third kappa shape index (κ3) is 3.54. The van der Waals surface area contributed by atoms with Crippen LogP contribution in [0.3, 0.4) is 0 Å². The largest absolute Gasteiger partial charge is 0.324 e. The van der Waals surface area contributed by atoms with Crippen LogP contribution in [0.4, 0.5) is 15.8 Å². The summed E-state index contributed by atoms with van der Waals surface area (Å²) in [6.45, 7) is -0.345. The van der Waals surface area contributed by atoms with Crippen molar-refractivity contribution in [2.45, 2.75) is 12.1 Å². The highest BCUT2D eigenvalue weighted by Crippen LogP contribution is 2.36. The molecule has 0 aromatic heterocycles. The first-order valence-electron chi connectivity index (χ1n) is 8.41. The molecule has 0 spiro atoms. The number of carbonyl (C=O) groups excluding carboxylic acids is 3. The molecule has 4 rings (SSSR count). The monoisotopic (exact) mass is 435 g/mol. The summed E-state index contributed by atoms with van der Waals surface area (Å²) >= 11 is 12.0. The van der Waals surface area contributed by atoms with E-state index < -0.39 is 35.6 Å². The van der Waals surface area contributed by atoms with Gasteiger partial charge in [-0.3, -0.25) is 19.4 Å². The van der Waals surface area contributed by atoms with Gasteiger partial charge in [0.25, 0.3) is 11.8 Å². The predicted octanol–water partition coefficient (Wildman–Crippen LogP) is 3.06. The van der Waals surface area contributed by atoms with Crippen LogP contribution in [0.5, 0.6) is 0 Å². The Labute approximate surface area is 173 Å². The van der Waals surface area contributed by atoms with Crippen LogP contribution in [-0.2, 0) is 14.4 Å².